The fraction of sp³-hybridized carbons (Fsp3) is 0.688. The summed E-state index contributed by atoms with van der Waals surface area (Å²) in [6, 6.07) is 0. The molecule has 0 bridgehead atoms. The highest BCUT2D eigenvalue weighted by Crippen LogP contribution is 2.34. The second-order valence-corrected chi connectivity index (χ2v) is 5.75. The van der Waals surface area contributed by atoms with E-state index in [9.17, 15) is 24.0 Å². The van der Waals surface area contributed by atoms with Gasteiger partial charge in [-0.3, -0.25) is 24.0 Å². The lowest BCUT2D eigenvalue weighted by molar-refractivity contribution is -0.338. The van der Waals surface area contributed by atoms with Gasteiger partial charge in [0.15, 0.2) is 18.8 Å². The summed E-state index contributed by atoms with van der Waals surface area (Å²) >= 11 is 0. The third kappa shape index (κ3) is 6.51. The molecule has 0 saturated carbocycles. The molecular weight excluding hydrogens is 368 g/mol. The molecule has 4 atom stereocenters. The van der Waals surface area contributed by atoms with Crippen LogP contribution in [0.3, 0.4) is 0 Å². The predicted octanol–water partition coefficient (Wildman–Crippen LogP) is -0.366. The molecule has 0 N–H and O–H groups in total. The molecule has 1 heterocycles. The molecule has 1 aliphatic rings. The summed E-state index contributed by atoms with van der Waals surface area (Å²) < 4.78 is 30.9. The SMILES string of the molecule is CC(=O)OCC1(OC(C)=O)OC[C@@H](OC(C)=O)[C@H](OC(C)=O)[C@@H]1OC(C)=O. The van der Waals surface area contributed by atoms with Crippen molar-refractivity contribution in [3.05, 3.63) is 0 Å². The zero-order chi connectivity index (χ0) is 20.8. The number of hydrogen-bond donors (Lipinski definition) is 0. The average Bonchev–Trinajstić information content (AvgIpc) is 2.49. The molecule has 11 nitrogen and oxygen atoms in total. The van der Waals surface area contributed by atoms with Crippen molar-refractivity contribution < 1.29 is 52.4 Å². The highest BCUT2D eigenvalue weighted by Gasteiger charge is 2.59. The number of hydrogen-bond acceptors (Lipinski definition) is 11. The first-order valence-corrected chi connectivity index (χ1v) is 7.95. The maximum Gasteiger partial charge on any atom is 0.305 e. The van der Waals surface area contributed by atoms with Crippen LogP contribution in [0.5, 0.6) is 0 Å². The van der Waals surface area contributed by atoms with Crippen LogP contribution in [0.4, 0.5) is 0 Å². The number of esters is 5. The molecule has 0 aromatic rings. The van der Waals surface area contributed by atoms with E-state index < -0.39 is 60.6 Å². The minimum atomic E-state index is -2.10. The van der Waals surface area contributed by atoms with Crippen molar-refractivity contribution >= 4 is 29.8 Å². The van der Waals surface area contributed by atoms with E-state index in [1.807, 2.05) is 0 Å². The zero-order valence-corrected chi connectivity index (χ0v) is 15.6. The number of carbonyl (C=O) groups is 5. The maximum atomic E-state index is 11.6. The molecule has 0 amide bonds. The van der Waals surface area contributed by atoms with Crippen molar-refractivity contribution in [3.63, 3.8) is 0 Å². The minimum absolute atomic E-state index is 0.385. The van der Waals surface area contributed by atoms with Crippen LogP contribution >= 0.6 is 0 Å². The molecular formula is C16H22O11. The van der Waals surface area contributed by atoms with Gasteiger partial charge >= 0.3 is 29.8 Å². The lowest BCUT2D eigenvalue weighted by atomic mass is 9.96. The quantitative estimate of drug-likeness (QED) is 0.433. The normalized spacial score (nSPS) is 27.1. The van der Waals surface area contributed by atoms with Crippen molar-refractivity contribution in [1.82, 2.24) is 0 Å². The monoisotopic (exact) mass is 390 g/mol. The topological polar surface area (TPSA) is 141 Å². The highest BCUT2D eigenvalue weighted by molar-refractivity contribution is 5.69. The molecule has 1 saturated heterocycles. The summed E-state index contributed by atoms with van der Waals surface area (Å²) in [6.07, 6.45) is -4.10. The van der Waals surface area contributed by atoms with E-state index in [4.69, 9.17) is 28.4 Å². The van der Waals surface area contributed by atoms with Crippen molar-refractivity contribution in [2.75, 3.05) is 13.2 Å². The summed E-state index contributed by atoms with van der Waals surface area (Å²) in [5, 5.41) is 0. The second kappa shape index (κ2) is 9.31. The zero-order valence-electron chi connectivity index (χ0n) is 15.6. The molecule has 11 heteroatoms. The Morgan fingerprint density at radius 1 is 0.815 bits per heavy atom. The van der Waals surface area contributed by atoms with E-state index in [1.54, 1.807) is 0 Å². The van der Waals surface area contributed by atoms with Gasteiger partial charge in [-0.1, -0.05) is 0 Å². The number of ether oxygens (including phenoxy) is 6. The summed E-state index contributed by atoms with van der Waals surface area (Å²) in [7, 11) is 0. The van der Waals surface area contributed by atoms with Crippen molar-refractivity contribution in [2.24, 2.45) is 0 Å². The van der Waals surface area contributed by atoms with Gasteiger partial charge in [0.05, 0.1) is 6.61 Å². The van der Waals surface area contributed by atoms with Crippen molar-refractivity contribution in [1.29, 1.82) is 0 Å². The van der Waals surface area contributed by atoms with Gasteiger partial charge in [0, 0.05) is 34.6 Å². The Hall–Kier alpha value is -2.69. The molecule has 152 valence electrons. The summed E-state index contributed by atoms with van der Waals surface area (Å²) in [5.74, 6) is -5.98. The van der Waals surface area contributed by atoms with Gasteiger partial charge in [-0.05, 0) is 0 Å². The largest absolute Gasteiger partial charge is 0.459 e. The third-order valence-electron chi connectivity index (χ3n) is 3.30. The molecule has 0 spiro atoms. The molecule has 1 rings (SSSR count). The lowest BCUT2D eigenvalue weighted by Gasteiger charge is -2.46. The number of rotatable bonds is 6. The van der Waals surface area contributed by atoms with E-state index in [-0.39, 0.29) is 6.61 Å². The van der Waals surface area contributed by atoms with Crippen LogP contribution in [-0.2, 0) is 52.4 Å². The van der Waals surface area contributed by atoms with Crippen LogP contribution in [-0.4, -0.2) is 67.2 Å². The van der Waals surface area contributed by atoms with Crippen LogP contribution in [0.1, 0.15) is 34.6 Å². The smallest absolute Gasteiger partial charge is 0.305 e. The first kappa shape index (κ1) is 22.4. The summed E-state index contributed by atoms with van der Waals surface area (Å²) in [4.78, 5) is 57.3. The first-order chi connectivity index (χ1) is 12.5. The lowest BCUT2D eigenvalue weighted by Crippen LogP contribution is -2.67. The molecule has 27 heavy (non-hydrogen) atoms. The van der Waals surface area contributed by atoms with Gasteiger partial charge in [-0.15, -0.1) is 0 Å². The van der Waals surface area contributed by atoms with Gasteiger partial charge in [0.25, 0.3) is 5.79 Å². The van der Waals surface area contributed by atoms with E-state index in [2.05, 4.69) is 0 Å². The molecule has 0 aromatic heterocycles. The molecule has 1 aliphatic heterocycles. The van der Waals surface area contributed by atoms with Crippen LogP contribution in [0.2, 0.25) is 0 Å². The Labute approximate surface area is 155 Å². The van der Waals surface area contributed by atoms with Crippen LogP contribution in [0, 0.1) is 0 Å². The molecule has 1 unspecified atom stereocenters. The molecule has 0 aliphatic carbocycles. The maximum absolute atomic E-state index is 11.6. The Morgan fingerprint density at radius 2 is 1.37 bits per heavy atom. The van der Waals surface area contributed by atoms with Crippen LogP contribution in [0.25, 0.3) is 0 Å². The Bertz CT molecular complexity index is 613. The van der Waals surface area contributed by atoms with Gasteiger partial charge in [0.1, 0.15) is 0 Å². The predicted molar refractivity (Wildman–Crippen MR) is 83.7 cm³/mol. The summed E-state index contributed by atoms with van der Waals surface area (Å²) in [5.41, 5.74) is 0. The molecule has 0 radical (unpaired) electrons. The first-order valence-electron chi connectivity index (χ1n) is 7.95. The highest BCUT2D eigenvalue weighted by atomic mass is 16.8. The fourth-order valence-electron chi connectivity index (χ4n) is 2.51. The Morgan fingerprint density at radius 3 is 1.81 bits per heavy atom. The van der Waals surface area contributed by atoms with Crippen molar-refractivity contribution in [2.45, 2.75) is 58.7 Å². The van der Waals surface area contributed by atoms with Gasteiger partial charge < -0.3 is 28.4 Å². The Kier molecular flexibility index (Phi) is 7.70. The minimum Gasteiger partial charge on any atom is -0.459 e. The molecule has 1 fully saturated rings. The molecule has 0 aromatic carbocycles. The van der Waals surface area contributed by atoms with Crippen LogP contribution in [0.15, 0.2) is 0 Å². The fourth-order valence-corrected chi connectivity index (χ4v) is 2.51. The van der Waals surface area contributed by atoms with E-state index >= 15 is 0 Å². The average molecular weight is 390 g/mol. The van der Waals surface area contributed by atoms with Gasteiger partial charge in [-0.2, -0.15) is 0 Å². The van der Waals surface area contributed by atoms with E-state index in [0.29, 0.717) is 0 Å². The van der Waals surface area contributed by atoms with Gasteiger partial charge in [-0.25, -0.2) is 0 Å². The standard InChI is InChI=1S/C16H22O11/c1-8(17)22-7-16(27-12(5)21)15(26-11(4)20)14(25-10(3)19)13(6-23-16)24-9(2)18/h13-15H,6-7H2,1-5H3/t13-,14+,15+,16?/m1/s1. The van der Waals surface area contributed by atoms with E-state index in [1.165, 1.54) is 0 Å². The third-order valence-corrected chi connectivity index (χ3v) is 3.30. The van der Waals surface area contributed by atoms with E-state index in [0.717, 1.165) is 34.6 Å². The number of carbonyl (C=O) groups excluding carboxylic acids is 5. The summed E-state index contributed by atoms with van der Waals surface area (Å²) in [6.45, 7) is 4.40. The van der Waals surface area contributed by atoms with Crippen LogP contribution < -0.4 is 0 Å². The Balaban J connectivity index is 3.37. The van der Waals surface area contributed by atoms with Gasteiger partial charge in [0.2, 0.25) is 6.10 Å². The van der Waals surface area contributed by atoms with Crippen molar-refractivity contribution in [3.8, 4) is 0 Å². The second-order valence-electron chi connectivity index (χ2n) is 5.75.